The predicted octanol–water partition coefficient (Wildman–Crippen LogP) is 5.29. The average Bonchev–Trinajstić information content (AvgIpc) is 3.28. The second-order valence-corrected chi connectivity index (χ2v) is 7.77. The molecule has 2 saturated carbocycles. The fraction of sp³-hybridized carbons (Fsp3) is 0.684. The van der Waals surface area contributed by atoms with Gasteiger partial charge in [0.15, 0.2) is 0 Å². The Morgan fingerprint density at radius 3 is 2.50 bits per heavy atom. The molecule has 0 unspecified atom stereocenters. The molecule has 110 valence electrons. The summed E-state index contributed by atoms with van der Waals surface area (Å²) in [6.45, 7) is 10.1. The van der Waals surface area contributed by atoms with Crippen molar-refractivity contribution in [3.63, 3.8) is 0 Å². The Hall–Kier alpha value is -0.980. The van der Waals surface area contributed by atoms with Gasteiger partial charge in [-0.2, -0.15) is 0 Å². The Kier molecular flexibility index (Phi) is 3.56. The van der Waals surface area contributed by atoms with Crippen LogP contribution in [0.15, 0.2) is 18.2 Å². The van der Waals surface area contributed by atoms with Gasteiger partial charge in [0.2, 0.25) is 0 Å². The molecule has 2 fully saturated rings. The molecule has 2 aliphatic carbocycles. The Morgan fingerprint density at radius 2 is 1.95 bits per heavy atom. The second kappa shape index (κ2) is 5.09. The fourth-order valence-electron chi connectivity index (χ4n) is 3.01. The van der Waals surface area contributed by atoms with Gasteiger partial charge in [-0.1, -0.05) is 46.2 Å². The van der Waals surface area contributed by atoms with Gasteiger partial charge in [0, 0.05) is 0 Å². The summed E-state index contributed by atoms with van der Waals surface area (Å²) in [7, 11) is 0. The molecule has 0 N–H and O–H groups in total. The van der Waals surface area contributed by atoms with E-state index in [1.807, 2.05) is 0 Å². The second-order valence-electron chi connectivity index (χ2n) is 7.77. The average molecular weight is 272 g/mol. The zero-order valence-corrected chi connectivity index (χ0v) is 13.4. The van der Waals surface area contributed by atoms with Gasteiger partial charge in [0.25, 0.3) is 0 Å². The van der Waals surface area contributed by atoms with Crippen LogP contribution in [0.2, 0.25) is 0 Å². The van der Waals surface area contributed by atoms with E-state index in [0.717, 1.165) is 30.1 Å². The Bertz CT molecular complexity index is 479. The van der Waals surface area contributed by atoms with E-state index in [2.05, 4.69) is 45.9 Å². The van der Waals surface area contributed by atoms with Crippen molar-refractivity contribution in [1.82, 2.24) is 0 Å². The Balaban J connectivity index is 1.83. The van der Waals surface area contributed by atoms with Crippen LogP contribution < -0.4 is 4.74 Å². The van der Waals surface area contributed by atoms with Gasteiger partial charge < -0.3 is 4.74 Å². The summed E-state index contributed by atoms with van der Waals surface area (Å²) in [5.74, 6) is 3.61. The molecule has 2 aliphatic rings. The van der Waals surface area contributed by atoms with Crippen LogP contribution in [0.25, 0.3) is 0 Å². The van der Waals surface area contributed by atoms with E-state index in [4.69, 9.17) is 4.74 Å². The number of benzene rings is 1. The first-order valence-electron chi connectivity index (χ1n) is 8.26. The maximum atomic E-state index is 6.12. The van der Waals surface area contributed by atoms with Gasteiger partial charge in [0.05, 0.1) is 6.61 Å². The summed E-state index contributed by atoms with van der Waals surface area (Å²) in [6, 6.07) is 6.90. The Labute approximate surface area is 123 Å². The lowest BCUT2D eigenvalue weighted by molar-refractivity contribution is 0.296. The van der Waals surface area contributed by atoms with E-state index in [0.29, 0.717) is 0 Å². The van der Waals surface area contributed by atoms with Crippen LogP contribution in [-0.2, 0) is 5.41 Å². The molecule has 1 aromatic rings. The van der Waals surface area contributed by atoms with Crippen molar-refractivity contribution in [3.05, 3.63) is 29.3 Å². The highest BCUT2D eigenvalue weighted by Crippen LogP contribution is 2.52. The highest BCUT2D eigenvalue weighted by Gasteiger charge is 2.39. The summed E-state index contributed by atoms with van der Waals surface area (Å²) in [4.78, 5) is 0. The highest BCUT2D eigenvalue weighted by molar-refractivity contribution is 5.44. The topological polar surface area (TPSA) is 9.23 Å². The van der Waals surface area contributed by atoms with E-state index in [9.17, 15) is 0 Å². The first-order valence-corrected chi connectivity index (χ1v) is 8.26. The van der Waals surface area contributed by atoms with E-state index in [1.165, 1.54) is 36.8 Å². The minimum atomic E-state index is 0.223. The van der Waals surface area contributed by atoms with Crippen LogP contribution >= 0.6 is 0 Å². The molecular formula is C19H28O. The molecule has 0 aliphatic heterocycles. The lowest BCUT2D eigenvalue weighted by Gasteiger charge is -2.21. The molecule has 2 atom stereocenters. The van der Waals surface area contributed by atoms with Gasteiger partial charge in [-0.15, -0.1) is 0 Å². The molecule has 1 heteroatoms. The SMILES string of the molecule is CC[C@H]1C[C@@H]1c1cc(C(C)(C)C)ccc1OCC1CC1. The Morgan fingerprint density at radius 1 is 1.20 bits per heavy atom. The van der Waals surface area contributed by atoms with Crippen LogP contribution in [0.5, 0.6) is 5.75 Å². The number of ether oxygens (including phenoxy) is 1. The van der Waals surface area contributed by atoms with Crippen LogP contribution in [-0.4, -0.2) is 6.61 Å². The van der Waals surface area contributed by atoms with E-state index >= 15 is 0 Å². The number of rotatable bonds is 5. The molecule has 1 aromatic carbocycles. The predicted molar refractivity (Wildman–Crippen MR) is 84.5 cm³/mol. The molecule has 0 heterocycles. The molecule has 0 saturated heterocycles. The molecule has 0 spiro atoms. The molecule has 0 radical (unpaired) electrons. The number of hydrogen-bond donors (Lipinski definition) is 0. The summed E-state index contributed by atoms with van der Waals surface area (Å²) < 4.78 is 6.12. The summed E-state index contributed by atoms with van der Waals surface area (Å²) in [5, 5.41) is 0. The largest absolute Gasteiger partial charge is 0.493 e. The molecule has 0 aromatic heterocycles. The first-order chi connectivity index (χ1) is 9.49. The highest BCUT2D eigenvalue weighted by atomic mass is 16.5. The molecule has 20 heavy (non-hydrogen) atoms. The molecule has 0 amide bonds. The van der Waals surface area contributed by atoms with Crippen molar-refractivity contribution < 1.29 is 4.74 Å². The van der Waals surface area contributed by atoms with Crippen molar-refractivity contribution >= 4 is 0 Å². The molecular weight excluding hydrogens is 244 g/mol. The maximum absolute atomic E-state index is 6.12. The summed E-state index contributed by atoms with van der Waals surface area (Å²) in [6.07, 6.45) is 5.36. The quantitative estimate of drug-likeness (QED) is 0.708. The van der Waals surface area contributed by atoms with Gasteiger partial charge in [-0.25, -0.2) is 0 Å². The van der Waals surface area contributed by atoms with Gasteiger partial charge in [0.1, 0.15) is 5.75 Å². The molecule has 1 nitrogen and oxygen atoms in total. The van der Waals surface area contributed by atoms with Crippen molar-refractivity contribution in [3.8, 4) is 5.75 Å². The third-order valence-electron chi connectivity index (χ3n) is 4.89. The van der Waals surface area contributed by atoms with Crippen LogP contribution in [0.4, 0.5) is 0 Å². The van der Waals surface area contributed by atoms with Crippen LogP contribution in [0.1, 0.15) is 70.4 Å². The van der Waals surface area contributed by atoms with Crippen LogP contribution in [0, 0.1) is 11.8 Å². The number of hydrogen-bond acceptors (Lipinski definition) is 1. The van der Waals surface area contributed by atoms with Gasteiger partial charge in [-0.05, 0) is 59.6 Å². The molecule has 0 bridgehead atoms. The third-order valence-corrected chi connectivity index (χ3v) is 4.89. The summed E-state index contributed by atoms with van der Waals surface area (Å²) >= 11 is 0. The third kappa shape index (κ3) is 3.02. The van der Waals surface area contributed by atoms with Crippen molar-refractivity contribution in [2.75, 3.05) is 6.61 Å². The zero-order chi connectivity index (χ0) is 14.3. The van der Waals surface area contributed by atoms with Crippen molar-refractivity contribution in [2.24, 2.45) is 11.8 Å². The summed E-state index contributed by atoms with van der Waals surface area (Å²) in [5.41, 5.74) is 3.14. The normalized spacial score (nSPS) is 25.6. The van der Waals surface area contributed by atoms with Crippen LogP contribution in [0.3, 0.4) is 0 Å². The van der Waals surface area contributed by atoms with E-state index in [1.54, 1.807) is 0 Å². The molecule has 3 rings (SSSR count). The van der Waals surface area contributed by atoms with Gasteiger partial charge >= 0.3 is 0 Å². The zero-order valence-electron chi connectivity index (χ0n) is 13.4. The maximum Gasteiger partial charge on any atom is 0.122 e. The van der Waals surface area contributed by atoms with Crippen molar-refractivity contribution in [2.45, 2.75) is 64.7 Å². The van der Waals surface area contributed by atoms with Crippen molar-refractivity contribution in [1.29, 1.82) is 0 Å². The van der Waals surface area contributed by atoms with E-state index < -0.39 is 0 Å². The lowest BCUT2D eigenvalue weighted by atomic mass is 9.85. The standard InChI is InChI=1S/C19H28O/c1-5-14-10-16(14)17-11-15(19(2,3)4)8-9-18(17)20-12-13-6-7-13/h8-9,11,13-14,16H,5-7,10,12H2,1-4H3/t14-,16-/m0/s1. The minimum Gasteiger partial charge on any atom is -0.493 e. The lowest BCUT2D eigenvalue weighted by Crippen LogP contribution is -2.12. The minimum absolute atomic E-state index is 0.223. The monoisotopic (exact) mass is 272 g/mol. The smallest absolute Gasteiger partial charge is 0.122 e. The first kappa shape index (κ1) is 14.0. The fourth-order valence-corrected chi connectivity index (χ4v) is 3.01. The van der Waals surface area contributed by atoms with Gasteiger partial charge in [-0.3, -0.25) is 0 Å². The van der Waals surface area contributed by atoms with E-state index in [-0.39, 0.29) is 5.41 Å².